The summed E-state index contributed by atoms with van der Waals surface area (Å²) >= 11 is 0. The van der Waals surface area contributed by atoms with Gasteiger partial charge in [0.1, 0.15) is 5.65 Å². The Morgan fingerprint density at radius 2 is 2.19 bits per heavy atom. The van der Waals surface area contributed by atoms with Gasteiger partial charge in [0.2, 0.25) is 5.91 Å². The van der Waals surface area contributed by atoms with E-state index in [4.69, 9.17) is 6.57 Å². The Kier molecular flexibility index (Phi) is 3.71. The number of aromatic nitrogens is 4. The normalized spacial score (nSPS) is 10.6. The molecule has 1 aromatic carbocycles. The lowest BCUT2D eigenvalue weighted by atomic mass is 10.1. The van der Waals surface area contributed by atoms with Gasteiger partial charge in [-0.2, -0.15) is 0 Å². The van der Waals surface area contributed by atoms with Gasteiger partial charge in [-0.05, 0) is 23.8 Å². The molecule has 4 rings (SSSR count). The summed E-state index contributed by atoms with van der Waals surface area (Å²) in [4.78, 5) is 22.4. The van der Waals surface area contributed by atoms with Gasteiger partial charge in [0.25, 0.3) is 0 Å². The van der Waals surface area contributed by atoms with Crippen molar-refractivity contribution in [2.24, 2.45) is 0 Å². The Bertz CT molecular complexity index is 1160. The van der Waals surface area contributed by atoms with Gasteiger partial charge in [0, 0.05) is 36.5 Å². The molecule has 7 nitrogen and oxygen atoms in total. The third-order valence-electron chi connectivity index (χ3n) is 3.98. The number of carbonyl (C=O) groups is 1. The van der Waals surface area contributed by atoms with Crippen LogP contribution in [0.1, 0.15) is 6.92 Å². The van der Waals surface area contributed by atoms with E-state index in [1.807, 2.05) is 36.7 Å². The van der Waals surface area contributed by atoms with Gasteiger partial charge in [-0.25, -0.2) is 14.5 Å². The highest BCUT2D eigenvalue weighted by atomic mass is 16.1. The van der Waals surface area contributed by atoms with Crippen molar-refractivity contribution < 1.29 is 4.79 Å². The molecule has 0 saturated heterocycles. The van der Waals surface area contributed by atoms with E-state index < -0.39 is 0 Å². The van der Waals surface area contributed by atoms with E-state index in [-0.39, 0.29) is 5.91 Å². The number of pyridine rings is 1. The summed E-state index contributed by atoms with van der Waals surface area (Å²) in [6.45, 7) is 8.65. The van der Waals surface area contributed by atoms with Crippen molar-refractivity contribution in [2.75, 3.05) is 5.32 Å². The van der Waals surface area contributed by atoms with Gasteiger partial charge in [-0.3, -0.25) is 4.79 Å². The minimum atomic E-state index is -0.209. The number of aromatic amines is 1. The molecule has 0 unspecified atom stereocenters. The summed E-state index contributed by atoms with van der Waals surface area (Å²) in [7, 11) is 0. The number of rotatable bonds is 3. The van der Waals surface area contributed by atoms with Crippen LogP contribution >= 0.6 is 0 Å². The minimum Gasteiger partial charge on any atom is -0.346 e. The zero-order valence-corrected chi connectivity index (χ0v) is 13.9. The molecule has 26 heavy (non-hydrogen) atoms. The lowest BCUT2D eigenvalue weighted by molar-refractivity contribution is -0.114. The molecule has 0 aliphatic heterocycles. The second kappa shape index (κ2) is 6.18. The largest absolute Gasteiger partial charge is 0.346 e. The van der Waals surface area contributed by atoms with E-state index in [1.54, 1.807) is 23.0 Å². The molecule has 0 atom stereocenters. The number of fused-ring (bicyclic) bond motifs is 1. The predicted molar refractivity (Wildman–Crippen MR) is 99.2 cm³/mol. The maximum absolute atomic E-state index is 11.6. The molecule has 3 heterocycles. The molecule has 0 radical (unpaired) electrons. The topological polar surface area (TPSA) is 80.0 Å². The average molecular weight is 342 g/mol. The third-order valence-corrected chi connectivity index (χ3v) is 3.98. The first-order valence-electron chi connectivity index (χ1n) is 7.93. The van der Waals surface area contributed by atoms with Crippen molar-refractivity contribution in [1.82, 2.24) is 19.7 Å². The van der Waals surface area contributed by atoms with Crippen LogP contribution in [-0.2, 0) is 4.79 Å². The monoisotopic (exact) mass is 342 g/mol. The van der Waals surface area contributed by atoms with Crippen LogP contribution < -0.4 is 5.32 Å². The van der Waals surface area contributed by atoms with Crippen LogP contribution in [0.5, 0.6) is 0 Å². The van der Waals surface area contributed by atoms with Crippen molar-refractivity contribution in [2.45, 2.75) is 6.92 Å². The maximum atomic E-state index is 11.6. The van der Waals surface area contributed by atoms with Gasteiger partial charge in [0.15, 0.2) is 11.5 Å². The number of H-pyrrole nitrogens is 1. The molecule has 0 bridgehead atoms. The summed E-state index contributed by atoms with van der Waals surface area (Å²) in [6, 6.07) is 11.0. The Labute approximate surface area is 149 Å². The first-order chi connectivity index (χ1) is 12.7. The van der Waals surface area contributed by atoms with Crippen molar-refractivity contribution in [3.8, 4) is 16.8 Å². The predicted octanol–water partition coefficient (Wildman–Crippen LogP) is 3.92. The van der Waals surface area contributed by atoms with Crippen LogP contribution in [0.3, 0.4) is 0 Å². The Morgan fingerprint density at radius 1 is 1.31 bits per heavy atom. The number of hydrogen-bond donors (Lipinski definition) is 2. The van der Waals surface area contributed by atoms with Crippen LogP contribution in [0.2, 0.25) is 0 Å². The summed E-state index contributed by atoms with van der Waals surface area (Å²) in [5, 5.41) is 8.24. The fourth-order valence-corrected chi connectivity index (χ4v) is 2.86. The number of nitrogens with zero attached hydrogens (tertiary/aromatic N) is 4. The van der Waals surface area contributed by atoms with Gasteiger partial charge in [-0.15, -0.1) is 5.10 Å². The van der Waals surface area contributed by atoms with Crippen molar-refractivity contribution in [3.63, 3.8) is 0 Å². The molecule has 0 aliphatic carbocycles. The fourth-order valence-electron chi connectivity index (χ4n) is 2.86. The molecular formula is C19H14N6O. The Hall–Kier alpha value is -3.92. The molecule has 3 aromatic heterocycles. The van der Waals surface area contributed by atoms with Gasteiger partial charge < -0.3 is 10.3 Å². The van der Waals surface area contributed by atoms with E-state index in [0.29, 0.717) is 11.5 Å². The van der Waals surface area contributed by atoms with Crippen LogP contribution in [0.25, 0.3) is 32.7 Å². The molecular weight excluding hydrogens is 328 g/mol. The lowest BCUT2D eigenvalue weighted by Gasteiger charge is -2.03. The highest BCUT2D eigenvalue weighted by molar-refractivity contribution is 5.93. The summed E-state index contributed by atoms with van der Waals surface area (Å²) in [5.41, 5.74) is 3.69. The maximum Gasteiger partial charge on any atom is 0.222 e. The van der Waals surface area contributed by atoms with E-state index in [9.17, 15) is 4.79 Å². The van der Waals surface area contributed by atoms with Crippen molar-refractivity contribution >= 4 is 28.4 Å². The van der Waals surface area contributed by atoms with Crippen LogP contribution in [0.15, 0.2) is 55.0 Å². The number of amides is 1. The van der Waals surface area contributed by atoms with Gasteiger partial charge >= 0.3 is 0 Å². The highest BCUT2D eigenvalue weighted by Crippen LogP contribution is 2.31. The molecule has 1 amide bonds. The molecule has 0 aliphatic rings. The smallest absolute Gasteiger partial charge is 0.222 e. The Balaban J connectivity index is 1.90. The number of nitrogens with one attached hydrogen (secondary N) is 2. The highest BCUT2D eigenvalue weighted by Gasteiger charge is 2.15. The van der Waals surface area contributed by atoms with E-state index in [0.717, 1.165) is 27.8 Å². The Morgan fingerprint density at radius 3 is 3.00 bits per heavy atom. The molecule has 0 spiro atoms. The van der Waals surface area contributed by atoms with E-state index in [1.165, 1.54) is 6.92 Å². The zero-order chi connectivity index (χ0) is 18.1. The van der Waals surface area contributed by atoms with Crippen molar-refractivity contribution in [3.05, 3.63) is 66.4 Å². The van der Waals surface area contributed by atoms with Crippen LogP contribution in [0, 0.1) is 6.57 Å². The fraction of sp³-hybridized carbons (Fsp3) is 0.0526. The third kappa shape index (κ3) is 2.70. The second-order valence-corrected chi connectivity index (χ2v) is 5.75. The number of benzene rings is 1. The van der Waals surface area contributed by atoms with E-state index in [2.05, 4.69) is 25.2 Å². The summed E-state index contributed by atoms with van der Waals surface area (Å²) in [5.74, 6) is 0.236. The lowest BCUT2D eigenvalue weighted by Crippen LogP contribution is -2.07. The SMILES string of the molecule is [C-]#[N+]c1cccc(-c2cn(-c3ccnc4[nH]ccc34)nc2NC(C)=O)c1. The number of hydrogen-bond acceptors (Lipinski definition) is 3. The first-order valence-corrected chi connectivity index (χ1v) is 7.93. The molecule has 7 heteroatoms. The summed E-state index contributed by atoms with van der Waals surface area (Å²) < 4.78 is 1.71. The van der Waals surface area contributed by atoms with Gasteiger partial charge in [0.05, 0.1) is 12.3 Å². The van der Waals surface area contributed by atoms with Gasteiger partial charge in [-0.1, -0.05) is 18.2 Å². The standard InChI is InChI=1S/C19H14N6O/c1-12(26)23-19-16(13-4-3-5-14(10-13)20-2)11-25(24-19)17-7-9-22-18-15(17)6-8-21-18/h3-11H,1H3,(H,21,22)(H,23,24,26). The van der Waals surface area contributed by atoms with Crippen molar-refractivity contribution in [1.29, 1.82) is 0 Å². The average Bonchev–Trinajstić information content (AvgIpc) is 3.28. The van der Waals surface area contributed by atoms with Crippen LogP contribution in [0.4, 0.5) is 11.5 Å². The molecule has 126 valence electrons. The number of carbonyl (C=O) groups excluding carboxylic acids is 1. The quantitative estimate of drug-likeness (QED) is 0.554. The zero-order valence-electron chi connectivity index (χ0n) is 13.9. The van der Waals surface area contributed by atoms with E-state index >= 15 is 0 Å². The van der Waals surface area contributed by atoms with Crippen LogP contribution in [-0.4, -0.2) is 25.7 Å². The number of anilines is 1. The minimum absolute atomic E-state index is 0.209. The second-order valence-electron chi connectivity index (χ2n) is 5.75. The summed E-state index contributed by atoms with van der Waals surface area (Å²) in [6.07, 6.45) is 5.36. The molecule has 2 N–H and O–H groups in total. The molecule has 0 saturated carbocycles. The molecule has 0 fully saturated rings. The molecule has 4 aromatic rings. The first kappa shape index (κ1) is 15.6.